The van der Waals surface area contributed by atoms with Crippen LogP contribution in [0.25, 0.3) is 0 Å². The van der Waals surface area contributed by atoms with Crippen LogP contribution in [0.5, 0.6) is 5.75 Å². The maximum atomic E-state index is 12.2. The Morgan fingerprint density at radius 1 is 1.11 bits per heavy atom. The van der Waals surface area contributed by atoms with Crippen molar-refractivity contribution in [2.45, 2.75) is 64.1 Å². The molecule has 9 heteroatoms. The number of ether oxygens (including phenoxy) is 4. The minimum atomic E-state index is -0.504. The van der Waals surface area contributed by atoms with Gasteiger partial charge in [-0.3, -0.25) is 4.79 Å². The molecular weight excluding hydrogens is 562 g/mol. The Morgan fingerprint density at radius 2 is 1.84 bits per heavy atom. The summed E-state index contributed by atoms with van der Waals surface area (Å²) >= 11 is 10.1. The first-order valence-electron chi connectivity index (χ1n) is 12.5. The van der Waals surface area contributed by atoms with Gasteiger partial charge in [0.15, 0.2) is 6.79 Å². The Hall–Kier alpha value is -1.68. The first kappa shape index (κ1) is 31.5. The van der Waals surface area contributed by atoms with Gasteiger partial charge in [0.1, 0.15) is 11.4 Å². The summed E-state index contributed by atoms with van der Waals surface area (Å²) in [7, 11) is 1.61. The molecule has 0 spiro atoms. The first-order valence-corrected chi connectivity index (χ1v) is 13.6. The number of esters is 1. The predicted octanol–water partition coefficient (Wildman–Crippen LogP) is 6.37. The molecule has 0 radical (unpaired) electrons. The second-order valence-electron chi connectivity index (χ2n) is 9.67. The van der Waals surface area contributed by atoms with Crippen LogP contribution in [0.2, 0.25) is 5.02 Å². The van der Waals surface area contributed by atoms with E-state index in [2.05, 4.69) is 21.2 Å². The summed E-state index contributed by atoms with van der Waals surface area (Å²) in [4.78, 5) is 12.2. The highest BCUT2D eigenvalue weighted by Gasteiger charge is 2.24. The normalized spacial score (nSPS) is 13.3. The van der Waals surface area contributed by atoms with E-state index in [9.17, 15) is 9.90 Å². The number of benzene rings is 2. The van der Waals surface area contributed by atoms with Gasteiger partial charge in [-0.05, 0) is 51.3 Å². The summed E-state index contributed by atoms with van der Waals surface area (Å²) in [6.45, 7) is 6.37. The van der Waals surface area contributed by atoms with Gasteiger partial charge in [0.05, 0.1) is 30.9 Å². The number of carbonyl (C=O) groups excluding carboxylic acids is 1. The molecule has 0 aliphatic rings. The second kappa shape index (κ2) is 16.3. The number of carbonyl (C=O) groups is 1. The molecule has 0 heterocycles. The van der Waals surface area contributed by atoms with E-state index in [1.165, 1.54) is 0 Å². The number of aliphatic hydroxyl groups excluding tert-OH is 1. The average molecular weight is 601 g/mol. The van der Waals surface area contributed by atoms with Crippen molar-refractivity contribution in [3.63, 3.8) is 0 Å². The minimum absolute atomic E-state index is 0.0190. The summed E-state index contributed by atoms with van der Waals surface area (Å²) in [5.41, 5.74) is 1.30. The second-order valence-corrected chi connectivity index (χ2v) is 11.0. The molecule has 0 fully saturated rings. The summed E-state index contributed by atoms with van der Waals surface area (Å²) in [5.74, 6) is 0.300. The quantitative estimate of drug-likeness (QED) is 0.132. The lowest BCUT2D eigenvalue weighted by Gasteiger charge is -2.28. The largest absolute Gasteiger partial charge is 0.466 e. The summed E-state index contributed by atoms with van der Waals surface area (Å²) in [5, 5.41) is 14.2. The number of hydrogen-bond donors (Lipinski definition) is 2. The van der Waals surface area contributed by atoms with Crippen LogP contribution in [0.3, 0.4) is 0 Å². The zero-order valence-electron chi connectivity index (χ0n) is 22.1. The van der Waals surface area contributed by atoms with Crippen molar-refractivity contribution in [1.82, 2.24) is 5.32 Å². The lowest BCUT2D eigenvalue weighted by Crippen LogP contribution is -2.29. The van der Waals surface area contributed by atoms with Crippen molar-refractivity contribution in [2.75, 3.05) is 33.7 Å². The Bertz CT molecular complexity index is 954. The molecule has 2 aromatic carbocycles. The van der Waals surface area contributed by atoms with Crippen molar-refractivity contribution in [2.24, 2.45) is 0 Å². The van der Waals surface area contributed by atoms with Crippen LogP contribution in [-0.2, 0) is 19.0 Å². The highest BCUT2D eigenvalue weighted by Crippen LogP contribution is 2.39. The number of aliphatic hydroxyl groups is 1. The topological polar surface area (TPSA) is 86.3 Å². The molecule has 2 aromatic rings. The third-order valence-corrected chi connectivity index (χ3v) is 6.20. The first-order chi connectivity index (χ1) is 17.6. The molecule has 0 amide bonds. The zero-order chi connectivity index (χ0) is 27.3. The minimum Gasteiger partial charge on any atom is -0.466 e. The number of nitrogens with one attached hydrogen (secondary N) is 1. The fraction of sp³-hybridized carbons (Fsp3) is 0.536. The highest BCUT2D eigenvalue weighted by molar-refractivity contribution is 9.10. The van der Waals surface area contributed by atoms with E-state index in [0.717, 1.165) is 22.0 Å². The zero-order valence-corrected chi connectivity index (χ0v) is 24.4. The van der Waals surface area contributed by atoms with E-state index < -0.39 is 5.60 Å². The number of methoxy groups -OCH3 is 1. The third-order valence-electron chi connectivity index (χ3n) is 5.46. The molecule has 37 heavy (non-hydrogen) atoms. The van der Waals surface area contributed by atoms with Crippen LogP contribution in [0.1, 0.15) is 69.7 Å². The van der Waals surface area contributed by atoms with Crippen molar-refractivity contribution in [3.8, 4) is 5.75 Å². The molecule has 0 saturated carbocycles. The fourth-order valence-electron chi connectivity index (χ4n) is 3.81. The Kier molecular flexibility index (Phi) is 13.9. The van der Waals surface area contributed by atoms with Crippen molar-refractivity contribution < 1.29 is 28.8 Å². The van der Waals surface area contributed by atoms with Gasteiger partial charge < -0.3 is 29.4 Å². The van der Waals surface area contributed by atoms with Gasteiger partial charge in [0.25, 0.3) is 0 Å². The third kappa shape index (κ3) is 11.7. The molecule has 206 valence electrons. The lowest BCUT2D eigenvalue weighted by molar-refractivity contribution is -0.154. The smallest absolute Gasteiger partial charge is 0.306 e. The van der Waals surface area contributed by atoms with Crippen LogP contribution in [-0.4, -0.2) is 50.4 Å². The van der Waals surface area contributed by atoms with Crippen LogP contribution in [0.15, 0.2) is 46.9 Å². The van der Waals surface area contributed by atoms with Crippen LogP contribution < -0.4 is 10.1 Å². The standard InChI is InChI=1S/C28H39BrClNO6/c1-28(2,3)37-26(33)13-9-8-12-24(31-25(18-32)20-10-6-5-7-11-20)22-16-21(29)17-23(30)27(22)36-19-35-15-14-34-4/h5-7,10-11,16-17,24-25,31-32H,8-9,12-15,18-19H2,1-4H3/t24?,25-/m0/s1. The van der Waals surface area contributed by atoms with Gasteiger partial charge >= 0.3 is 5.97 Å². The molecule has 0 aromatic heterocycles. The molecule has 0 bridgehead atoms. The van der Waals surface area contributed by atoms with E-state index in [4.69, 9.17) is 30.5 Å². The molecular formula is C28H39BrClNO6. The average Bonchev–Trinajstić information content (AvgIpc) is 2.84. The highest BCUT2D eigenvalue weighted by atomic mass is 79.9. The molecule has 0 aliphatic heterocycles. The van der Waals surface area contributed by atoms with Crippen LogP contribution in [0, 0.1) is 0 Å². The maximum absolute atomic E-state index is 12.2. The van der Waals surface area contributed by atoms with E-state index in [1.54, 1.807) is 13.2 Å². The molecule has 0 saturated heterocycles. The summed E-state index contributed by atoms with van der Waals surface area (Å²) in [6.07, 6.45) is 2.43. The van der Waals surface area contributed by atoms with E-state index in [1.807, 2.05) is 57.2 Å². The van der Waals surface area contributed by atoms with Crippen molar-refractivity contribution in [1.29, 1.82) is 0 Å². The Labute approximate surface area is 233 Å². The lowest BCUT2D eigenvalue weighted by atomic mass is 9.97. The molecule has 2 rings (SSSR count). The Morgan fingerprint density at radius 3 is 2.49 bits per heavy atom. The monoisotopic (exact) mass is 599 g/mol. The van der Waals surface area contributed by atoms with Gasteiger partial charge in [-0.15, -0.1) is 0 Å². The SMILES string of the molecule is COCCOCOc1c(Cl)cc(Br)cc1C(CCCCC(=O)OC(C)(C)C)N[C@@H](CO)c1ccccc1. The molecule has 2 N–H and O–H groups in total. The van der Waals surface area contributed by atoms with Crippen LogP contribution in [0.4, 0.5) is 0 Å². The predicted molar refractivity (Wildman–Crippen MR) is 149 cm³/mol. The molecule has 0 aliphatic carbocycles. The summed E-state index contributed by atoms with van der Waals surface area (Å²) < 4.78 is 22.7. The molecule has 7 nitrogen and oxygen atoms in total. The van der Waals surface area contributed by atoms with E-state index in [-0.39, 0.29) is 31.5 Å². The number of hydrogen-bond acceptors (Lipinski definition) is 7. The number of halogens is 2. The van der Waals surface area contributed by atoms with Crippen LogP contribution >= 0.6 is 27.5 Å². The van der Waals surface area contributed by atoms with E-state index >= 15 is 0 Å². The molecule has 2 atom stereocenters. The number of rotatable bonds is 16. The maximum Gasteiger partial charge on any atom is 0.306 e. The van der Waals surface area contributed by atoms with Gasteiger partial charge in [-0.2, -0.15) is 0 Å². The van der Waals surface area contributed by atoms with Gasteiger partial charge in [-0.25, -0.2) is 0 Å². The van der Waals surface area contributed by atoms with Crippen molar-refractivity contribution >= 4 is 33.5 Å². The van der Waals surface area contributed by atoms with Crippen molar-refractivity contribution in [3.05, 3.63) is 63.1 Å². The molecule has 1 unspecified atom stereocenters. The van der Waals surface area contributed by atoms with Gasteiger partial charge in [0.2, 0.25) is 0 Å². The van der Waals surface area contributed by atoms with Gasteiger partial charge in [0, 0.05) is 29.6 Å². The van der Waals surface area contributed by atoms with Gasteiger partial charge in [-0.1, -0.05) is 64.3 Å². The van der Waals surface area contributed by atoms with E-state index in [0.29, 0.717) is 43.2 Å². The fourth-order valence-corrected chi connectivity index (χ4v) is 4.70. The Balaban J connectivity index is 2.23. The number of unbranched alkanes of at least 4 members (excludes halogenated alkanes) is 1. The summed E-state index contributed by atoms with van der Waals surface area (Å²) in [6, 6.07) is 13.0.